The Bertz CT molecular complexity index is 2770. The van der Waals surface area contributed by atoms with Gasteiger partial charge >= 0.3 is 0 Å². The molecule has 10 rings (SSSR count). The van der Waals surface area contributed by atoms with Crippen molar-refractivity contribution in [1.82, 2.24) is 4.57 Å². The summed E-state index contributed by atoms with van der Waals surface area (Å²) in [6.07, 6.45) is 4.55. The first-order valence-electron chi connectivity index (χ1n) is 16.4. The molecule has 8 aromatic rings. The first kappa shape index (κ1) is 27.3. The van der Waals surface area contributed by atoms with Crippen LogP contribution in [0.25, 0.3) is 55.7 Å². The molecule has 2 aliphatic rings. The summed E-state index contributed by atoms with van der Waals surface area (Å²) in [7, 11) is 0. The molecule has 2 unspecified atom stereocenters. The zero-order chi connectivity index (χ0) is 32.6. The largest absolute Gasteiger partial charge is 0.458 e. The highest BCUT2D eigenvalue weighted by Crippen LogP contribution is 2.57. The maximum atomic E-state index is 10.5. The molecule has 0 bridgehead atoms. The van der Waals surface area contributed by atoms with E-state index in [0.717, 1.165) is 66.6 Å². The number of aromatic nitrogens is 1. The Morgan fingerprint density at radius 2 is 1.39 bits per heavy atom. The van der Waals surface area contributed by atoms with Crippen molar-refractivity contribution in [3.8, 4) is 29.0 Å². The molecule has 0 spiro atoms. The third kappa shape index (κ3) is 3.79. The van der Waals surface area contributed by atoms with Gasteiger partial charge in [0.25, 0.3) is 0 Å². The lowest BCUT2D eigenvalue weighted by atomic mass is 9.86. The van der Waals surface area contributed by atoms with Crippen LogP contribution in [0.15, 0.2) is 144 Å². The molecule has 49 heavy (non-hydrogen) atoms. The molecular weight excluding hydrogens is 601 g/mol. The van der Waals surface area contributed by atoms with Crippen molar-refractivity contribution < 1.29 is 4.42 Å². The highest BCUT2D eigenvalue weighted by Gasteiger charge is 2.44. The molecule has 3 heterocycles. The van der Waals surface area contributed by atoms with E-state index in [1.807, 2.05) is 42.5 Å². The minimum atomic E-state index is -0.0448. The zero-order valence-electron chi connectivity index (χ0n) is 26.2. The summed E-state index contributed by atoms with van der Waals surface area (Å²) in [5.74, 6) is 1.08. The van der Waals surface area contributed by atoms with E-state index < -0.39 is 0 Å². The van der Waals surface area contributed by atoms with Crippen LogP contribution in [0.4, 0.5) is 11.4 Å². The molecule has 5 nitrogen and oxygen atoms in total. The lowest BCUT2D eigenvalue weighted by molar-refractivity contribution is 0.479. The standard InChI is InChI=1S/C44H26N4O/c45-25-27-20-23-40-37(24-27)31-14-5-7-19-39(31)48(40)41-28(26-46)10-8-15-32(41)34-16-9-17-35-36-22-21-33-30-13-4-6-18-38(30)47(29-11-2-1-3-12-29)42(33)44(36)49-43(34)35/h1-24,33,42H. The molecule has 5 heteroatoms. The fourth-order valence-electron chi connectivity index (χ4n) is 8.18. The smallest absolute Gasteiger partial charge is 0.142 e. The Balaban J connectivity index is 1.23. The van der Waals surface area contributed by atoms with Crippen molar-refractivity contribution in [2.75, 3.05) is 4.90 Å². The molecule has 1 aliphatic heterocycles. The van der Waals surface area contributed by atoms with Gasteiger partial charge in [0.2, 0.25) is 0 Å². The van der Waals surface area contributed by atoms with E-state index in [9.17, 15) is 10.5 Å². The summed E-state index contributed by atoms with van der Waals surface area (Å²) < 4.78 is 9.27. The van der Waals surface area contributed by atoms with Crippen LogP contribution in [0.3, 0.4) is 0 Å². The van der Waals surface area contributed by atoms with E-state index in [0.29, 0.717) is 11.1 Å². The van der Waals surface area contributed by atoms with E-state index >= 15 is 0 Å². The van der Waals surface area contributed by atoms with Crippen molar-refractivity contribution in [2.45, 2.75) is 12.0 Å². The van der Waals surface area contributed by atoms with Gasteiger partial charge in [0.1, 0.15) is 23.5 Å². The maximum Gasteiger partial charge on any atom is 0.142 e. The van der Waals surface area contributed by atoms with Crippen LogP contribution in [0.5, 0.6) is 0 Å². The fraction of sp³-hybridized carbons (Fsp3) is 0.0455. The first-order valence-corrected chi connectivity index (χ1v) is 16.4. The van der Waals surface area contributed by atoms with Crippen LogP contribution in [-0.2, 0) is 0 Å². The number of fused-ring (bicyclic) bond motifs is 10. The van der Waals surface area contributed by atoms with Gasteiger partial charge in [0.05, 0.1) is 33.9 Å². The Morgan fingerprint density at radius 1 is 0.633 bits per heavy atom. The van der Waals surface area contributed by atoms with Crippen molar-refractivity contribution in [3.63, 3.8) is 0 Å². The maximum absolute atomic E-state index is 10.5. The number of anilines is 2. The Labute approximate surface area is 282 Å². The number of nitriles is 2. The number of hydrogen-bond acceptors (Lipinski definition) is 4. The SMILES string of the molecule is N#Cc1ccc2c(c1)c1ccccc1n2-c1c(C#N)cccc1-c1cccc2c3c(oc12)C1C(C=C3)c2ccccc2N1c1ccccc1. The van der Waals surface area contributed by atoms with Gasteiger partial charge in [-0.1, -0.05) is 97.1 Å². The molecule has 0 saturated heterocycles. The lowest BCUT2D eigenvalue weighted by Crippen LogP contribution is -2.23. The minimum Gasteiger partial charge on any atom is -0.458 e. The number of benzene rings is 6. The van der Waals surface area contributed by atoms with Crippen molar-refractivity contribution in [2.24, 2.45) is 0 Å². The van der Waals surface area contributed by atoms with Gasteiger partial charge in [-0.05, 0) is 54.1 Å². The van der Waals surface area contributed by atoms with Gasteiger partial charge in [0.15, 0.2) is 0 Å². The number of hydrogen-bond donors (Lipinski definition) is 0. The predicted octanol–water partition coefficient (Wildman–Crippen LogP) is 10.9. The van der Waals surface area contributed by atoms with Gasteiger partial charge in [0, 0.05) is 50.1 Å². The molecule has 0 radical (unpaired) electrons. The summed E-state index contributed by atoms with van der Waals surface area (Å²) >= 11 is 0. The van der Waals surface area contributed by atoms with Gasteiger partial charge < -0.3 is 13.9 Å². The minimum absolute atomic E-state index is 0.0448. The number of furan rings is 1. The summed E-state index contributed by atoms with van der Waals surface area (Å²) in [5, 5.41) is 23.3. The Hall–Kier alpha value is -6.82. The molecule has 2 atom stereocenters. The van der Waals surface area contributed by atoms with E-state index in [2.05, 4.69) is 125 Å². The topological polar surface area (TPSA) is 68.9 Å². The van der Waals surface area contributed by atoms with Crippen LogP contribution in [-0.4, -0.2) is 4.57 Å². The zero-order valence-corrected chi connectivity index (χ0v) is 26.2. The second kappa shape index (κ2) is 10.3. The second-order valence-electron chi connectivity index (χ2n) is 12.7. The van der Waals surface area contributed by atoms with Crippen molar-refractivity contribution in [3.05, 3.63) is 168 Å². The summed E-state index contributed by atoms with van der Waals surface area (Å²) in [6, 6.07) is 50.1. The molecule has 0 fully saturated rings. The normalized spacial score (nSPS) is 16.0. The van der Waals surface area contributed by atoms with Gasteiger partial charge in [-0.25, -0.2) is 0 Å². The van der Waals surface area contributed by atoms with Crippen LogP contribution >= 0.6 is 0 Å². The monoisotopic (exact) mass is 626 g/mol. The number of nitrogens with zero attached hydrogens (tertiary/aromatic N) is 4. The fourth-order valence-corrected chi connectivity index (χ4v) is 8.18. The summed E-state index contributed by atoms with van der Waals surface area (Å²) in [4.78, 5) is 2.42. The number of para-hydroxylation sites is 5. The third-order valence-electron chi connectivity index (χ3n) is 10.2. The molecule has 1 aliphatic carbocycles. The van der Waals surface area contributed by atoms with Crippen LogP contribution in [0, 0.1) is 22.7 Å². The summed E-state index contributed by atoms with van der Waals surface area (Å²) in [5.41, 5.74) is 11.2. The average Bonchev–Trinajstić information content (AvgIpc) is 3.82. The first-order chi connectivity index (χ1) is 24.2. The average molecular weight is 627 g/mol. The number of rotatable bonds is 3. The highest BCUT2D eigenvalue weighted by molar-refractivity contribution is 6.11. The Kier molecular flexibility index (Phi) is 5.76. The van der Waals surface area contributed by atoms with Crippen molar-refractivity contribution in [1.29, 1.82) is 10.5 Å². The highest BCUT2D eigenvalue weighted by atomic mass is 16.3. The van der Waals surface area contributed by atoms with Gasteiger partial charge in [-0.3, -0.25) is 0 Å². The Morgan fingerprint density at radius 3 is 2.27 bits per heavy atom. The van der Waals surface area contributed by atoms with Gasteiger partial charge in [-0.15, -0.1) is 0 Å². The van der Waals surface area contributed by atoms with Gasteiger partial charge in [-0.2, -0.15) is 10.5 Å². The lowest BCUT2D eigenvalue weighted by Gasteiger charge is -2.30. The van der Waals surface area contributed by atoms with E-state index in [1.54, 1.807) is 0 Å². The van der Waals surface area contributed by atoms with Crippen LogP contribution in [0.2, 0.25) is 0 Å². The molecule has 228 valence electrons. The quantitative estimate of drug-likeness (QED) is 0.196. The molecular formula is C44H26N4O. The molecule has 0 amide bonds. The molecule has 2 aromatic heterocycles. The summed E-state index contributed by atoms with van der Waals surface area (Å²) in [6.45, 7) is 0. The van der Waals surface area contributed by atoms with Crippen LogP contribution in [0.1, 0.15) is 40.0 Å². The molecule has 0 saturated carbocycles. The second-order valence-corrected chi connectivity index (χ2v) is 12.7. The van der Waals surface area contributed by atoms with E-state index in [1.165, 1.54) is 11.3 Å². The van der Waals surface area contributed by atoms with E-state index in [4.69, 9.17) is 4.42 Å². The van der Waals surface area contributed by atoms with E-state index in [-0.39, 0.29) is 12.0 Å². The predicted molar refractivity (Wildman–Crippen MR) is 195 cm³/mol. The van der Waals surface area contributed by atoms with Crippen LogP contribution < -0.4 is 4.90 Å². The molecule has 6 aromatic carbocycles. The molecule has 0 N–H and O–H groups in total. The third-order valence-corrected chi connectivity index (χ3v) is 10.2. The van der Waals surface area contributed by atoms with Crippen molar-refractivity contribution >= 4 is 50.2 Å².